The van der Waals surface area contributed by atoms with Crippen LogP contribution in [0.15, 0.2) is 18.2 Å². The maximum absolute atomic E-state index is 13.9. The van der Waals surface area contributed by atoms with E-state index in [2.05, 4.69) is 9.88 Å². The lowest BCUT2D eigenvalue weighted by atomic mass is 10.1. The molecule has 0 amide bonds. The topological polar surface area (TPSA) is 29.9 Å². The van der Waals surface area contributed by atoms with E-state index in [0.717, 1.165) is 36.7 Å². The van der Waals surface area contributed by atoms with E-state index >= 15 is 0 Å². The van der Waals surface area contributed by atoms with Crippen molar-refractivity contribution in [1.82, 2.24) is 14.9 Å². The van der Waals surface area contributed by atoms with Gasteiger partial charge in [-0.1, -0.05) is 6.07 Å². The van der Waals surface area contributed by atoms with Gasteiger partial charge in [-0.3, -0.25) is 4.57 Å². The Balaban J connectivity index is 1.95. The van der Waals surface area contributed by atoms with Crippen molar-refractivity contribution < 1.29 is 4.39 Å². The number of fused-ring (bicyclic) bond motifs is 1. The molecular weight excluding hydrogens is 253 g/mol. The first-order valence-electron chi connectivity index (χ1n) is 7.32. The van der Waals surface area contributed by atoms with Gasteiger partial charge in [-0.25, -0.2) is 9.37 Å². The van der Waals surface area contributed by atoms with Crippen LogP contribution in [0, 0.1) is 12.7 Å². The monoisotopic (exact) mass is 271 g/mol. The molecule has 2 aliphatic rings. The van der Waals surface area contributed by atoms with Gasteiger partial charge in [0.1, 0.15) is 11.6 Å². The van der Waals surface area contributed by atoms with Crippen LogP contribution in [0.2, 0.25) is 0 Å². The van der Waals surface area contributed by atoms with Crippen LogP contribution in [-0.2, 0) is 13.0 Å². The molecule has 2 aromatic rings. The molecule has 1 N–H and O–H groups in total. The fourth-order valence-electron chi connectivity index (χ4n) is 3.05. The summed E-state index contributed by atoms with van der Waals surface area (Å²) >= 11 is 0. The zero-order valence-corrected chi connectivity index (χ0v) is 11.6. The van der Waals surface area contributed by atoms with E-state index in [-0.39, 0.29) is 5.82 Å². The van der Waals surface area contributed by atoms with Gasteiger partial charge in [0, 0.05) is 36.7 Å². The summed E-state index contributed by atoms with van der Waals surface area (Å²) < 4.78 is 16.1. The maximum Gasteiger partial charge on any atom is 0.128 e. The second-order valence-electron chi connectivity index (χ2n) is 5.78. The smallest absolute Gasteiger partial charge is 0.128 e. The number of halogens is 1. The van der Waals surface area contributed by atoms with Crippen molar-refractivity contribution in [2.75, 3.05) is 6.54 Å². The van der Waals surface area contributed by atoms with Crippen molar-refractivity contribution in [2.24, 2.45) is 0 Å². The average Bonchev–Trinajstić information content (AvgIpc) is 3.23. The molecule has 1 aromatic carbocycles. The molecule has 0 atom stereocenters. The minimum atomic E-state index is -0.138. The van der Waals surface area contributed by atoms with Gasteiger partial charge in [0.15, 0.2) is 0 Å². The Bertz CT molecular complexity index is 671. The van der Waals surface area contributed by atoms with E-state index in [1.54, 1.807) is 6.07 Å². The summed E-state index contributed by atoms with van der Waals surface area (Å²) in [5, 5.41) is 3.37. The summed E-state index contributed by atoms with van der Waals surface area (Å²) in [6.45, 7) is 3.66. The van der Waals surface area contributed by atoms with E-state index in [4.69, 9.17) is 4.98 Å². The molecule has 3 nitrogen and oxygen atoms in total. The van der Waals surface area contributed by atoms with Gasteiger partial charge < -0.3 is 5.32 Å². The molecule has 0 spiro atoms. The van der Waals surface area contributed by atoms with Gasteiger partial charge in [0.25, 0.3) is 0 Å². The highest BCUT2D eigenvalue weighted by molar-refractivity contribution is 5.46. The number of nitrogens with one attached hydrogen (secondary N) is 1. The van der Waals surface area contributed by atoms with Crippen LogP contribution in [0.5, 0.6) is 0 Å². The second kappa shape index (κ2) is 4.42. The zero-order valence-electron chi connectivity index (χ0n) is 11.6. The van der Waals surface area contributed by atoms with Gasteiger partial charge in [0.2, 0.25) is 0 Å². The molecular formula is C16H18FN3. The summed E-state index contributed by atoms with van der Waals surface area (Å²) in [6.07, 6.45) is 3.38. The third-order valence-electron chi connectivity index (χ3n) is 4.34. The highest BCUT2D eigenvalue weighted by atomic mass is 19.1. The van der Waals surface area contributed by atoms with Crippen LogP contribution < -0.4 is 5.32 Å². The Hall–Kier alpha value is -1.68. The number of nitrogens with zero attached hydrogens (tertiary/aromatic N) is 2. The van der Waals surface area contributed by atoms with Crippen LogP contribution in [0.25, 0.3) is 5.69 Å². The molecule has 104 valence electrons. The normalized spacial score (nSPS) is 18.1. The fraction of sp³-hybridized carbons (Fsp3) is 0.438. The minimum absolute atomic E-state index is 0.138. The number of benzene rings is 1. The van der Waals surface area contributed by atoms with Crippen molar-refractivity contribution in [3.8, 4) is 5.69 Å². The van der Waals surface area contributed by atoms with Gasteiger partial charge >= 0.3 is 0 Å². The van der Waals surface area contributed by atoms with E-state index < -0.39 is 0 Å². The first kappa shape index (κ1) is 12.1. The maximum atomic E-state index is 13.9. The van der Waals surface area contributed by atoms with Crippen molar-refractivity contribution in [3.05, 3.63) is 46.8 Å². The average molecular weight is 271 g/mol. The SMILES string of the molecule is Cc1c(F)cccc1-n1c(C2CC2)nc2c1CCNC2. The van der Waals surface area contributed by atoms with Crippen LogP contribution in [0.4, 0.5) is 4.39 Å². The summed E-state index contributed by atoms with van der Waals surface area (Å²) in [4.78, 5) is 4.84. The van der Waals surface area contributed by atoms with Gasteiger partial charge in [-0.05, 0) is 31.9 Å². The number of hydrogen-bond donors (Lipinski definition) is 1. The highest BCUT2D eigenvalue weighted by Crippen LogP contribution is 2.42. The lowest BCUT2D eigenvalue weighted by molar-refractivity contribution is 0.609. The van der Waals surface area contributed by atoms with Crippen LogP contribution in [0.3, 0.4) is 0 Å². The van der Waals surface area contributed by atoms with E-state index in [9.17, 15) is 4.39 Å². The third kappa shape index (κ3) is 1.79. The Morgan fingerprint density at radius 1 is 1.35 bits per heavy atom. The molecule has 4 rings (SSSR count). The molecule has 1 aliphatic carbocycles. The summed E-state index contributed by atoms with van der Waals surface area (Å²) in [7, 11) is 0. The van der Waals surface area contributed by atoms with Crippen molar-refractivity contribution in [2.45, 2.75) is 38.6 Å². The third-order valence-corrected chi connectivity index (χ3v) is 4.34. The van der Waals surface area contributed by atoms with E-state index in [1.165, 1.54) is 24.6 Å². The van der Waals surface area contributed by atoms with Gasteiger partial charge in [0.05, 0.1) is 11.4 Å². The predicted molar refractivity (Wildman–Crippen MR) is 75.6 cm³/mol. The molecule has 2 heterocycles. The fourth-order valence-corrected chi connectivity index (χ4v) is 3.05. The molecule has 0 unspecified atom stereocenters. The first-order valence-corrected chi connectivity index (χ1v) is 7.32. The quantitative estimate of drug-likeness (QED) is 0.910. The Morgan fingerprint density at radius 2 is 2.20 bits per heavy atom. The molecule has 0 saturated heterocycles. The lowest BCUT2D eigenvalue weighted by Gasteiger charge is -2.18. The first-order chi connectivity index (χ1) is 9.75. The van der Waals surface area contributed by atoms with Crippen LogP contribution >= 0.6 is 0 Å². The van der Waals surface area contributed by atoms with Gasteiger partial charge in [-0.15, -0.1) is 0 Å². The van der Waals surface area contributed by atoms with Crippen LogP contribution in [-0.4, -0.2) is 16.1 Å². The number of imidazole rings is 1. The highest BCUT2D eigenvalue weighted by Gasteiger charge is 2.32. The summed E-state index contributed by atoms with van der Waals surface area (Å²) in [5.41, 5.74) is 4.08. The Morgan fingerprint density at radius 3 is 3.00 bits per heavy atom. The molecule has 0 radical (unpaired) electrons. The van der Waals surface area contributed by atoms with Crippen molar-refractivity contribution in [1.29, 1.82) is 0 Å². The van der Waals surface area contributed by atoms with Crippen molar-refractivity contribution >= 4 is 0 Å². The molecule has 1 aromatic heterocycles. The number of aromatic nitrogens is 2. The van der Waals surface area contributed by atoms with Crippen molar-refractivity contribution in [3.63, 3.8) is 0 Å². The molecule has 1 saturated carbocycles. The van der Waals surface area contributed by atoms with Crippen LogP contribution in [0.1, 0.15) is 41.5 Å². The minimum Gasteiger partial charge on any atom is -0.311 e. The molecule has 4 heteroatoms. The van der Waals surface area contributed by atoms with E-state index in [0.29, 0.717) is 11.5 Å². The largest absolute Gasteiger partial charge is 0.311 e. The number of hydrogen-bond acceptors (Lipinski definition) is 2. The molecule has 0 bridgehead atoms. The second-order valence-corrected chi connectivity index (χ2v) is 5.78. The molecule has 1 aliphatic heterocycles. The zero-order chi connectivity index (χ0) is 13.7. The molecule has 1 fully saturated rings. The Labute approximate surface area is 117 Å². The summed E-state index contributed by atoms with van der Waals surface area (Å²) in [5.74, 6) is 1.55. The lowest BCUT2D eigenvalue weighted by Crippen LogP contribution is -2.25. The number of rotatable bonds is 2. The summed E-state index contributed by atoms with van der Waals surface area (Å²) in [6, 6.07) is 5.33. The van der Waals surface area contributed by atoms with E-state index in [1.807, 2.05) is 13.0 Å². The molecule has 20 heavy (non-hydrogen) atoms. The van der Waals surface area contributed by atoms with Gasteiger partial charge in [-0.2, -0.15) is 0 Å². The predicted octanol–water partition coefficient (Wildman–Crippen LogP) is 2.84. The standard InChI is InChI=1S/C16H18FN3/c1-10-12(17)3-2-4-14(10)20-15-7-8-18-9-13(15)19-16(20)11-5-6-11/h2-4,11,18H,5-9H2,1H3. The Kier molecular flexibility index (Phi) is 2.67.